The second kappa shape index (κ2) is 7.28. The Morgan fingerprint density at radius 1 is 1.35 bits per heavy atom. The number of thioether (sulfide) groups is 1. The van der Waals surface area contributed by atoms with Crippen molar-refractivity contribution in [2.45, 2.75) is 5.16 Å². The van der Waals surface area contributed by atoms with Crippen molar-refractivity contribution in [1.29, 1.82) is 0 Å². The topological polar surface area (TPSA) is 108 Å². The highest BCUT2D eigenvalue weighted by Gasteiger charge is 2.10. The number of nitrogen functional groups attached to an aromatic ring is 1. The third-order valence-electron chi connectivity index (χ3n) is 2.09. The monoisotopic (exact) mass is 259 g/mol. The van der Waals surface area contributed by atoms with Crippen LogP contribution in [-0.2, 0) is 0 Å². The Bertz CT molecular complexity index is 324. The number of hydrazine groups is 1. The molecule has 5 N–H and O–H groups in total. The van der Waals surface area contributed by atoms with Crippen LogP contribution < -0.4 is 16.2 Å². The Morgan fingerprint density at radius 3 is 2.47 bits per heavy atom. The van der Waals surface area contributed by atoms with Gasteiger partial charge in [0.2, 0.25) is 0 Å². The lowest BCUT2D eigenvalue weighted by Gasteiger charge is -2.22. The molecule has 0 aliphatic rings. The average Bonchev–Trinajstić information content (AvgIpc) is 2.37. The number of nitrogens with one attached hydrogen (secondary N) is 1. The van der Waals surface area contributed by atoms with Gasteiger partial charge in [0.05, 0.1) is 13.2 Å². The molecule has 0 saturated heterocycles. The summed E-state index contributed by atoms with van der Waals surface area (Å²) in [5.74, 6) is 6.45. The van der Waals surface area contributed by atoms with Crippen LogP contribution in [0.15, 0.2) is 11.2 Å². The van der Waals surface area contributed by atoms with Crippen LogP contribution in [0.3, 0.4) is 0 Å². The smallest absolute Gasteiger partial charge is 0.191 e. The first kappa shape index (κ1) is 14.0. The number of nitrogens with two attached hydrogens (primary N) is 1. The number of rotatable bonds is 7. The molecule has 0 fully saturated rings. The normalized spacial score (nSPS) is 10.4. The average molecular weight is 259 g/mol. The van der Waals surface area contributed by atoms with Gasteiger partial charge < -0.3 is 20.5 Å². The molecule has 7 nitrogen and oxygen atoms in total. The lowest BCUT2D eigenvalue weighted by Crippen LogP contribution is -2.30. The predicted molar refractivity (Wildman–Crippen MR) is 68.0 cm³/mol. The van der Waals surface area contributed by atoms with Crippen LogP contribution in [0.4, 0.5) is 11.6 Å². The minimum atomic E-state index is -0.00993. The molecular formula is C9H17N5O2S. The third-order valence-corrected chi connectivity index (χ3v) is 2.63. The minimum absolute atomic E-state index is 0.00993. The molecule has 0 bridgehead atoms. The van der Waals surface area contributed by atoms with Crippen molar-refractivity contribution in [3.05, 3.63) is 6.07 Å². The zero-order valence-electron chi connectivity index (χ0n) is 9.63. The number of anilines is 2. The summed E-state index contributed by atoms with van der Waals surface area (Å²) >= 11 is 1.40. The van der Waals surface area contributed by atoms with E-state index in [1.54, 1.807) is 11.0 Å². The van der Waals surface area contributed by atoms with E-state index >= 15 is 0 Å². The van der Waals surface area contributed by atoms with Gasteiger partial charge in [-0.2, -0.15) is 0 Å². The predicted octanol–water partition coefficient (Wildman–Crippen LogP) is -0.725. The third kappa shape index (κ3) is 4.00. The van der Waals surface area contributed by atoms with E-state index in [-0.39, 0.29) is 13.2 Å². The van der Waals surface area contributed by atoms with Gasteiger partial charge in [-0.25, -0.2) is 15.8 Å². The molecule has 17 heavy (non-hydrogen) atoms. The zero-order valence-corrected chi connectivity index (χ0v) is 10.4. The SMILES string of the molecule is CSc1nc(NN)cc(N(CCO)CCO)n1. The van der Waals surface area contributed by atoms with E-state index in [0.29, 0.717) is 29.9 Å². The molecule has 0 radical (unpaired) electrons. The molecule has 1 heterocycles. The Balaban J connectivity index is 2.99. The standard InChI is InChI=1S/C9H17N5O2S/c1-17-9-11-7(13-10)6-8(12-9)14(2-4-15)3-5-16/h6,15-16H,2-5,10H2,1H3,(H,11,12,13). The summed E-state index contributed by atoms with van der Waals surface area (Å²) in [6.45, 7) is 0.777. The summed E-state index contributed by atoms with van der Waals surface area (Å²) in [4.78, 5) is 10.2. The van der Waals surface area contributed by atoms with E-state index in [1.165, 1.54) is 11.8 Å². The molecular weight excluding hydrogens is 242 g/mol. The summed E-state index contributed by atoms with van der Waals surface area (Å²) in [6, 6.07) is 1.67. The highest BCUT2D eigenvalue weighted by molar-refractivity contribution is 7.98. The van der Waals surface area contributed by atoms with Gasteiger partial charge in [-0.3, -0.25) is 0 Å². The quantitative estimate of drug-likeness (QED) is 0.220. The largest absolute Gasteiger partial charge is 0.395 e. The van der Waals surface area contributed by atoms with E-state index in [4.69, 9.17) is 16.1 Å². The number of hydrogen-bond donors (Lipinski definition) is 4. The first-order valence-corrected chi connectivity index (χ1v) is 6.34. The maximum Gasteiger partial charge on any atom is 0.191 e. The Morgan fingerprint density at radius 2 is 2.00 bits per heavy atom. The minimum Gasteiger partial charge on any atom is -0.395 e. The van der Waals surface area contributed by atoms with Crippen molar-refractivity contribution in [3.63, 3.8) is 0 Å². The Hall–Kier alpha value is -1.09. The van der Waals surface area contributed by atoms with E-state index in [2.05, 4.69) is 15.4 Å². The maximum absolute atomic E-state index is 8.97. The summed E-state index contributed by atoms with van der Waals surface area (Å²) < 4.78 is 0. The molecule has 0 aliphatic heterocycles. The number of hydrogen-bond acceptors (Lipinski definition) is 8. The lowest BCUT2D eigenvalue weighted by molar-refractivity contribution is 0.280. The van der Waals surface area contributed by atoms with Crippen molar-refractivity contribution >= 4 is 23.4 Å². The second-order valence-corrected chi connectivity index (χ2v) is 3.95. The Labute approximate surface area is 104 Å². The van der Waals surface area contributed by atoms with Crippen molar-refractivity contribution in [2.75, 3.05) is 42.9 Å². The fourth-order valence-corrected chi connectivity index (χ4v) is 1.70. The molecule has 1 aromatic rings. The molecule has 0 aliphatic carbocycles. The first-order chi connectivity index (χ1) is 8.24. The van der Waals surface area contributed by atoms with Gasteiger partial charge in [0.25, 0.3) is 0 Å². The van der Waals surface area contributed by atoms with Crippen molar-refractivity contribution in [2.24, 2.45) is 5.84 Å². The summed E-state index contributed by atoms with van der Waals surface area (Å²) in [5, 5.41) is 18.5. The molecule has 1 aromatic heterocycles. The van der Waals surface area contributed by atoms with E-state index < -0.39 is 0 Å². The van der Waals surface area contributed by atoms with Crippen LogP contribution in [0, 0.1) is 0 Å². The van der Waals surface area contributed by atoms with Gasteiger partial charge in [0.15, 0.2) is 5.16 Å². The van der Waals surface area contributed by atoms with Gasteiger partial charge in [-0.1, -0.05) is 11.8 Å². The maximum atomic E-state index is 8.97. The van der Waals surface area contributed by atoms with Crippen LogP contribution in [0.5, 0.6) is 0 Å². The summed E-state index contributed by atoms with van der Waals surface area (Å²) in [7, 11) is 0. The van der Waals surface area contributed by atoms with Crippen LogP contribution in [0.25, 0.3) is 0 Å². The van der Waals surface area contributed by atoms with Gasteiger partial charge in [-0.05, 0) is 6.26 Å². The second-order valence-electron chi connectivity index (χ2n) is 3.18. The lowest BCUT2D eigenvalue weighted by atomic mass is 10.4. The van der Waals surface area contributed by atoms with Crippen LogP contribution >= 0.6 is 11.8 Å². The molecule has 0 amide bonds. The summed E-state index contributed by atoms with van der Waals surface area (Å²) in [6.07, 6.45) is 1.86. The van der Waals surface area contributed by atoms with E-state index in [0.717, 1.165) is 0 Å². The van der Waals surface area contributed by atoms with Gasteiger partial charge in [0.1, 0.15) is 11.6 Å². The number of aromatic nitrogens is 2. The molecule has 0 saturated carbocycles. The fourth-order valence-electron chi connectivity index (χ4n) is 1.32. The van der Waals surface area contributed by atoms with Crippen LogP contribution in [0.2, 0.25) is 0 Å². The Kier molecular flexibility index (Phi) is 5.98. The van der Waals surface area contributed by atoms with Crippen molar-refractivity contribution < 1.29 is 10.2 Å². The van der Waals surface area contributed by atoms with Gasteiger partial charge in [-0.15, -0.1) is 0 Å². The molecule has 0 unspecified atom stereocenters. The molecule has 1 rings (SSSR count). The van der Waals surface area contributed by atoms with Crippen molar-refractivity contribution in [3.8, 4) is 0 Å². The molecule has 0 aromatic carbocycles. The highest BCUT2D eigenvalue weighted by Crippen LogP contribution is 2.19. The number of aliphatic hydroxyl groups is 2. The first-order valence-electron chi connectivity index (χ1n) is 5.11. The number of nitrogens with zero attached hydrogens (tertiary/aromatic N) is 3. The van der Waals surface area contributed by atoms with Gasteiger partial charge >= 0.3 is 0 Å². The molecule has 8 heteroatoms. The van der Waals surface area contributed by atoms with E-state index in [1.807, 2.05) is 6.26 Å². The van der Waals surface area contributed by atoms with E-state index in [9.17, 15) is 0 Å². The molecule has 0 atom stereocenters. The highest BCUT2D eigenvalue weighted by atomic mass is 32.2. The van der Waals surface area contributed by atoms with Crippen molar-refractivity contribution in [1.82, 2.24) is 9.97 Å². The molecule has 0 spiro atoms. The fraction of sp³-hybridized carbons (Fsp3) is 0.556. The molecule has 96 valence electrons. The van der Waals surface area contributed by atoms with Crippen LogP contribution in [-0.4, -0.2) is 52.7 Å². The summed E-state index contributed by atoms with van der Waals surface area (Å²) in [5.41, 5.74) is 2.47. The van der Waals surface area contributed by atoms with Crippen LogP contribution in [0.1, 0.15) is 0 Å². The van der Waals surface area contributed by atoms with Gasteiger partial charge in [0, 0.05) is 19.2 Å². The number of aliphatic hydroxyl groups excluding tert-OH is 2. The zero-order chi connectivity index (χ0) is 12.7.